The molecule has 0 fully saturated rings. The first-order chi connectivity index (χ1) is 9.65. The molecular formula is C14H11N3O3. The van der Waals surface area contributed by atoms with Gasteiger partial charge in [0.15, 0.2) is 0 Å². The maximum atomic E-state index is 11.6. The molecule has 0 spiro atoms. The van der Waals surface area contributed by atoms with Crippen LogP contribution in [0.25, 0.3) is 6.08 Å². The van der Waals surface area contributed by atoms with E-state index in [0.29, 0.717) is 11.4 Å². The first kappa shape index (κ1) is 13.4. The fourth-order valence-corrected chi connectivity index (χ4v) is 1.48. The number of rotatable bonds is 4. The fourth-order valence-electron chi connectivity index (χ4n) is 1.48. The quantitative estimate of drug-likeness (QED) is 0.525. The van der Waals surface area contributed by atoms with Crippen LogP contribution in [0.5, 0.6) is 0 Å². The summed E-state index contributed by atoms with van der Waals surface area (Å²) in [5.41, 5.74) is 0.715. The van der Waals surface area contributed by atoms with E-state index in [1.165, 1.54) is 18.2 Å². The summed E-state index contributed by atoms with van der Waals surface area (Å²) < 4.78 is 0. The second-order valence-corrected chi connectivity index (χ2v) is 3.89. The van der Waals surface area contributed by atoms with Crippen molar-refractivity contribution in [2.24, 2.45) is 0 Å². The van der Waals surface area contributed by atoms with Crippen LogP contribution in [0.15, 0.2) is 54.7 Å². The lowest BCUT2D eigenvalue weighted by Gasteiger charge is -1.99. The third-order valence-corrected chi connectivity index (χ3v) is 2.45. The summed E-state index contributed by atoms with van der Waals surface area (Å²) in [6, 6.07) is 11.1. The number of pyridine rings is 1. The van der Waals surface area contributed by atoms with Crippen LogP contribution in [0, 0.1) is 10.1 Å². The Labute approximate surface area is 114 Å². The molecule has 0 aliphatic rings. The summed E-state index contributed by atoms with van der Waals surface area (Å²) in [5, 5.41) is 13.1. The number of aromatic nitrogens is 1. The van der Waals surface area contributed by atoms with Gasteiger partial charge in [0.2, 0.25) is 5.91 Å². The number of carbonyl (C=O) groups excluding carboxylic acids is 1. The van der Waals surface area contributed by atoms with Gasteiger partial charge in [-0.15, -0.1) is 0 Å². The molecule has 100 valence electrons. The van der Waals surface area contributed by atoms with Gasteiger partial charge in [0.1, 0.15) is 5.82 Å². The van der Waals surface area contributed by atoms with Crippen LogP contribution in [-0.2, 0) is 4.79 Å². The van der Waals surface area contributed by atoms with Crippen LogP contribution < -0.4 is 5.32 Å². The highest BCUT2D eigenvalue weighted by Crippen LogP contribution is 2.12. The van der Waals surface area contributed by atoms with Crippen LogP contribution >= 0.6 is 0 Å². The van der Waals surface area contributed by atoms with Crippen molar-refractivity contribution >= 4 is 23.5 Å². The van der Waals surface area contributed by atoms with Gasteiger partial charge in [-0.3, -0.25) is 14.9 Å². The number of non-ortho nitro benzene ring substituents is 1. The van der Waals surface area contributed by atoms with Gasteiger partial charge in [-0.05, 0) is 35.9 Å². The topological polar surface area (TPSA) is 85.1 Å². The van der Waals surface area contributed by atoms with Gasteiger partial charge in [-0.25, -0.2) is 4.98 Å². The number of nitrogens with one attached hydrogen (secondary N) is 1. The number of amides is 1. The van der Waals surface area contributed by atoms with Crippen molar-refractivity contribution in [3.8, 4) is 0 Å². The molecule has 1 aromatic carbocycles. The van der Waals surface area contributed by atoms with Gasteiger partial charge in [0.05, 0.1) is 4.92 Å². The van der Waals surface area contributed by atoms with Gasteiger partial charge < -0.3 is 5.32 Å². The molecule has 2 rings (SSSR count). The second-order valence-electron chi connectivity index (χ2n) is 3.89. The second kappa shape index (κ2) is 6.24. The Balaban J connectivity index is 1.98. The van der Waals surface area contributed by atoms with Gasteiger partial charge in [0, 0.05) is 24.4 Å². The summed E-state index contributed by atoms with van der Waals surface area (Å²) in [6.45, 7) is 0. The maximum absolute atomic E-state index is 11.6. The van der Waals surface area contributed by atoms with Gasteiger partial charge in [-0.1, -0.05) is 6.07 Å². The highest BCUT2D eigenvalue weighted by Gasteiger charge is 2.02. The van der Waals surface area contributed by atoms with Crippen molar-refractivity contribution in [3.05, 3.63) is 70.4 Å². The molecular weight excluding hydrogens is 258 g/mol. The Morgan fingerprint density at radius 1 is 1.20 bits per heavy atom. The van der Waals surface area contributed by atoms with Gasteiger partial charge in [0.25, 0.3) is 5.69 Å². The molecule has 20 heavy (non-hydrogen) atoms. The zero-order valence-corrected chi connectivity index (χ0v) is 10.4. The van der Waals surface area contributed by atoms with E-state index in [9.17, 15) is 14.9 Å². The molecule has 0 saturated carbocycles. The van der Waals surface area contributed by atoms with Crippen LogP contribution in [-0.4, -0.2) is 15.8 Å². The molecule has 1 amide bonds. The summed E-state index contributed by atoms with van der Waals surface area (Å²) in [5.74, 6) is 0.146. The predicted molar refractivity (Wildman–Crippen MR) is 75.0 cm³/mol. The van der Waals surface area contributed by atoms with E-state index in [1.54, 1.807) is 42.6 Å². The molecule has 6 nitrogen and oxygen atoms in total. The van der Waals surface area contributed by atoms with E-state index in [4.69, 9.17) is 0 Å². The number of nitro benzene ring substituents is 1. The lowest BCUT2D eigenvalue weighted by atomic mass is 10.2. The van der Waals surface area contributed by atoms with Crippen LogP contribution in [0.4, 0.5) is 11.5 Å². The van der Waals surface area contributed by atoms with Crippen molar-refractivity contribution in [1.82, 2.24) is 4.98 Å². The van der Waals surface area contributed by atoms with E-state index in [-0.39, 0.29) is 11.6 Å². The minimum Gasteiger partial charge on any atom is -0.307 e. The van der Waals surface area contributed by atoms with E-state index in [1.807, 2.05) is 0 Å². The average Bonchev–Trinajstić information content (AvgIpc) is 2.46. The smallest absolute Gasteiger partial charge is 0.269 e. The SMILES string of the molecule is O=C(/C=C/c1ccc([N+](=O)[O-])cc1)Nc1ccccn1. The molecule has 1 heterocycles. The molecule has 2 aromatic rings. The number of carbonyl (C=O) groups is 1. The van der Waals surface area contributed by atoms with Gasteiger partial charge in [-0.2, -0.15) is 0 Å². The van der Waals surface area contributed by atoms with Crippen molar-refractivity contribution in [2.75, 3.05) is 5.32 Å². The van der Waals surface area contributed by atoms with Crippen molar-refractivity contribution in [1.29, 1.82) is 0 Å². The maximum Gasteiger partial charge on any atom is 0.269 e. The largest absolute Gasteiger partial charge is 0.307 e. The molecule has 6 heteroatoms. The molecule has 0 unspecified atom stereocenters. The summed E-state index contributed by atoms with van der Waals surface area (Å²) in [6.07, 6.45) is 4.49. The van der Waals surface area contributed by atoms with Crippen molar-refractivity contribution < 1.29 is 9.72 Å². The number of nitrogens with zero attached hydrogens (tertiary/aromatic N) is 2. The molecule has 0 aliphatic heterocycles. The lowest BCUT2D eigenvalue weighted by Crippen LogP contribution is -2.08. The number of benzene rings is 1. The standard InChI is InChI=1S/C14H11N3O3/c18-14(16-13-3-1-2-10-15-13)9-6-11-4-7-12(8-5-11)17(19)20/h1-10H,(H,15,16,18)/b9-6+. The third-order valence-electron chi connectivity index (χ3n) is 2.45. The monoisotopic (exact) mass is 269 g/mol. The number of hydrogen-bond donors (Lipinski definition) is 1. The Hall–Kier alpha value is -3.02. The van der Waals surface area contributed by atoms with Crippen molar-refractivity contribution in [2.45, 2.75) is 0 Å². The minimum absolute atomic E-state index is 0.0140. The zero-order valence-electron chi connectivity index (χ0n) is 10.4. The van der Waals surface area contributed by atoms with E-state index in [0.717, 1.165) is 0 Å². The molecule has 0 aliphatic carbocycles. The fraction of sp³-hybridized carbons (Fsp3) is 0. The zero-order chi connectivity index (χ0) is 14.4. The Morgan fingerprint density at radius 3 is 2.55 bits per heavy atom. The average molecular weight is 269 g/mol. The number of nitro groups is 1. The molecule has 0 atom stereocenters. The first-order valence-corrected chi connectivity index (χ1v) is 5.80. The number of anilines is 1. The molecule has 0 saturated heterocycles. The summed E-state index contributed by atoms with van der Waals surface area (Å²) in [4.78, 5) is 25.6. The summed E-state index contributed by atoms with van der Waals surface area (Å²) in [7, 11) is 0. The minimum atomic E-state index is -0.471. The first-order valence-electron chi connectivity index (χ1n) is 5.80. The normalized spacial score (nSPS) is 10.4. The molecule has 1 aromatic heterocycles. The van der Waals surface area contributed by atoms with Crippen molar-refractivity contribution in [3.63, 3.8) is 0 Å². The Kier molecular flexibility index (Phi) is 4.18. The van der Waals surface area contributed by atoms with Crippen LogP contribution in [0.1, 0.15) is 5.56 Å². The Morgan fingerprint density at radius 2 is 1.95 bits per heavy atom. The molecule has 0 radical (unpaired) electrons. The summed E-state index contributed by atoms with van der Waals surface area (Å²) >= 11 is 0. The number of hydrogen-bond acceptors (Lipinski definition) is 4. The van der Waals surface area contributed by atoms with Crippen LogP contribution in [0.2, 0.25) is 0 Å². The third kappa shape index (κ3) is 3.74. The predicted octanol–water partition coefficient (Wildman–Crippen LogP) is 2.64. The van der Waals surface area contributed by atoms with E-state index >= 15 is 0 Å². The highest BCUT2D eigenvalue weighted by molar-refractivity contribution is 6.01. The molecule has 0 bridgehead atoms. The van der Waals surface area contributed by atoms with E-state index in [2.05, 4.69) is 10.3 Å². The molecule has 1 N–H and O–H groups in total. The van der Waals surface area contributed by atoms with Gasteiger partial charge >= 0.3 is 0 Å². The lowest BCUT2D eigenvalue weighted by molar-refractivity contribution is -0.384. The van der Waals surface area contributed by atoms with Crippen LogP contribution in [0.3, 0.4) is 0 Å². The van der Waals surface area contributed by atoms with E-state index < -0.39 is 4.92 Å². The highest BCUT2D eigenvalue weighted by atomic mass is 16.6. The Bertz CT molecular complexity index is 636.